The fourth-order valence-corrected chi connectivity index (χ4v) is 2.92. The lowest BCUT2D eigenvalue weighted by Crippen LogP contribution is -2.38. The molecule has 2 unspecified atom stereocenters. The standard InChI is InChI=1S/C13H20ClFN2S/c1-9(8-18-3)17(2)13(7-16)10-4-11(14)6-12(15)5-10/h4-6,9,13H,7-8,16H2,1-3H3. The number of nitrogens with two attached hydrogens (primary N) is 1. The van der Waals surface area contributed by atoms with Crippen molar-refractivity contribution >= 4 is 23.4 Å². The molecule has 102 valence electrons. The maximum Gasteiger partial charge on any atom is 0.125 e. The monoisotopic (exact) mass is 290 g/mol. The number of benzene rings is 1. The predicted octanol–water partition coefficient (Wildman–Crippen LogP) is 3.16. The van der Waals surface area contributed by atoms with Crippen LogP contribution in [-0.4, -0.2) is 36.5 Å². The van der Waals surface area contributed by atoms with E-state index in [0.29, 0.717) is 17.6 Å². The Labute approximate surface area is 118 Å². The average Bonchev–Trinajstić information content (AvgIpc) is 2.28. The van der Waals surface area contributed by atoms with Crippen LogP contribution in [0.25, 0.3) is 0 Å². The smallest absolute Gasteiger partial charge is 0.125 e. The summed E-state index contributed by atoms with van der Waals surface area (Å²) in [7, 11) is 2.01. The third-order valence-corrected chi connectivity index (χ3v) is 4.12. The Morgan fingerprint density at radius 3 is 2.61 bits per heavy atom. The summed E-state index contributed by atoms with van der Waals surface area (Å²) in [6.07, 6.45) is 2.07. The van der Waals surface area contributed by atoms with E-state index in [4.69, 9.17) is 17.3 Å². The van der Waals surface area contributed by atoms with Crippen molar-refractivity contribution in [2.45, 2.75) is 19.0 Å². The Hall–Kier alpha value is -0.290. The second-order valence-corrected chi connectivity index (χ2v) is 5.77. The molecule has 0 aromatic heterocycles. The normalized spacial score (nSPS) is 14.8. The lowest BCUT2D eigenvalue weighted by Gasteiger charge is -2.32. The highest BCUT2D eigenvalue weighted by Crippen LogP contribution is 2.25. The number of rotatable bonds is 6. The highest BCUT2D eigenvalue weighted by atomic mass is 35.5. The van der Waals surface area contributed by atoms with E-state index in [9.17, 15) is 4.39 Å². The first kappa shape index (κ1) is 15.8. The molecule has 0 saturated carbocycles. The summed E-state index contributed by atoms with van der Waals surface area (Å²) < 4.78 is 13.4. The molecule has 2 N–H and O–H groups in total. The molecule has 0 fully saturated rings. The van der Waals surface area contributed by atoms with Crippen LogP contribution < -0.4 is 5.73 Å². The van der Waals surface area contributed by atoms with Gasteiger partial charge in [0.1, 0.15) is 5.82 Å². The highest BCUT2D eigenvalue weighted by Gasteiger charge is 2.20. The van der Waals surface area contributed by atoms with E-state index in [1.54, 1.807) is 17.8 Å². The van der Waals surface area contributed by atoms with Crippen LogP contribution in [-0.2, 0) is 0 Å². The van der Waals surface area contributed by atoms with Gasteiger partial charge in [-0.25, -0.2) is 4.39 Å². The van der Waals surface area contributed by atoms with Gasteiger partial charge >= 0.3 is 0 Å². The second kappa shape index (κ2) is 7.34. The van der Waals surface area contributed by atoms with Crippen LogP contribution in [0.5, 0.6) is 0 Å². The SMILES string of the molecule is CSCC(C)N(C)C(CN)c1cc(F)cc(Cl)c1. The summed E-state index contributed by atoms with van der Waals surface area (Å²) in [5.74, 6) is 0.692. The highest BCUT2D eigenvalue weighted by molar-refractivity contribution is 7.98. The zero-order valence-electron chi connectivity index (χ0n) is 11.0. The molecule has 1 rings (SSSR count). The second-order valence-electron chi connectivity index (χ2n) is 4.42. The van der Waals surface area contributed by atoms with Gasteiger partial charge in [-0.15, -0.1) is 0 Å². The summed E-state index contributed by atoms with van der Waals surface area (Å²) in [4.78, 5) is 2.17. The summed E-state index contributed by atoms with van der Waals surface area (Å²) in [5, 5.41) is 0.411. The summed E-state index contributed by atoms with van der Waals surface area (Å²) in [5.41, 5.74) is 6.66. The summed E-state index contributed by atoms with van der Waals surface area (Å²) in [6, 6.07) is 4.95. The van der Waals surface area contributed by atoms with Crippen molar-refractivity contribution in [2.75, 3.05) is 25.6 Å². The molecule has 0 radical (unpaired) electrons. The third kappa shape index (κ3) is 4.12. The number of nitrogens with zero attached hydrogens (tertiary/aromatic N) is 1. The molecule has 0 spiro atoms. The number of hydrogen-bond acceptors (Lipinski definition) is 3. The quantitative estimate of drug-likeness (QED) is 0.873. The molecule has 1 aromatic carbocycles. The van der Waals surface area contributed by atoms with Gasteiger partial charge in [0.15, 0.2) is 0 Å². The lowest BCUT2D eigenvalue weighted by atomic mass is 10.0. The molecule has 0 heterocycles. The first-order valence-corrected chi connectivity index (χ1v) is 7.63. The molecular weight excluding hydrogens is 271 g/mol. The van der Waals surface area contributed by atoms with Crippen molar-refractivity contribution in [3.63, 3.8) is 0 Å². The maximum absolute atomic E-state index is 13.4. The minimum absolute atomic E-state index is 0.0136. The Morgan fingerprint density at radius 2 is 2.11 bits per heavy atom. The van der Waals surface area contributed by atoms with E-state index in [0.717, 1.165) is 11.3 Å². The summed E-state index contributed by atoms with van der Waals surface area (Å²) >= 11 is 7.68. The lowest BCUT2D eigenvalue weighted by molar-refractivity contribution is 0.204. The van der Waals surface area contributed by atoms with Gasteiger partial charge in [0.05, 0.1) is 0 Å². The van der Waals surface area contributed by atoms with Gasteiger partial charge < -0.3 is 5.73 Å². The molecule has 2 nitrogen and oxygen atoms in total. The first-order chi connectivity index (χ1) is 8.49. The molecule has 0 saturated heterocycles. The average molecular weight is 291 g/mol. The van der Waals surface area contributed by atoms with Crippen LogP contribution in [0.2, 0.25) is 5.02 Å². The first-order valence-electron chi connectivity index (χ1n) is 5.86. The van der Waals surface area contributed by atoms with E-state index < -0.39 is 0 Å². The van der Waals surface area contributed by atoms with Crippen LogP contribution in [0.3, 0.4) is 0 Å². The number of hydrogen-bond donors (Lipinski definition) is 1. The molecule has 0 aliphatic carbocycles. The Balaban J connectivity index is 2.94. The molecular formula is C13H20ClFN2S. The summed E-state index contributed by atoms with van der Waals surface area (Å²) in [6.45, 7) is 2.58. The van der Waals surface area contributed by atoms with Crippen molar-refractivity contribution in [2.24, 2.45) is 5.73 Å². The Kier molecular flexibility index (Phi) is 6.43. The van der Waals surface area contributed by atoms with Gasteiger partial charge in [-0.05, 0) is 44.0 Å². The molecule has 1 aromatic rings. The molecule has 0 aliphatic rings. The molecule has 2 atom stereocenters. The van der Waals surface area contributed by atoms with Crippen molar-refractivity contribution in [3.8, 4) is 0 Å². The van der Waals surface area contributed by atoms with Crippen LogP contribution in [0.1, 0.15) is 18.5 Å². The van der Waals surface area contributed by atoms with E-state index in [1.165, 1.54) is 12.1 Å². The van der Waals surface area contributed by atoms with Gasteiger partial charge in [-0.3, -0.25) is 4.90 Å². The zero-order valence-corrected chi connectivity index (χ0v) is 12.6. The number of halogens is 2. The zero-order chi connectivity index (χ0) is 13.7. The van der Waals surface area contributed by atoms with Gasteiger partial charge in [0, 0.05) is 29.4 Å². The van der Waals surface area contributed by atoms with Gasteiger partial charge in [0.25, 0.3) is 0 Å². The van der Waals surface area contributed by atoms with Crippen LogP contribution >= 0.6 is 23.4 Å². The molecule has 0 bridgehead atoms. The third-order valence-electron chi connectivity index (χ3n) is 3.09. The predicted molar refractivity (Wildman–Crippen MR) is 78.8 cm³/mol. The van der Waals surface area contributed by atoms with E-state index >= 15 is 0 Å². The van der Waals surface area contributed by atoms with Crippen molar-refractivity contribution in [3.05, 3.63) is 34.6 Å². The topological polar surface area (TPSA) is 29.3 Å². The number of likely N-dealkylation sites (N-methyl/N-ethyl adjacent to an activating group) is 1. The fourth-order valence-electron chi connectivity index (χ4n) is 1.97. The molecule has 5 heteroatoms. The molecule has 18 heavy (non-hydrogen) atoms. The Bertz CT molecular complexity index is 369. The Morgan fingerprint density at radius 1 is 1.44 bits per heavy atom. The number of thioether (sulfide) groups is 1. The van der Waals surface area contributed by atoms with Gasteiger partial charge in [-0.2, -0.15) is 11.8 Å². The minimum Gasteiger partial charge on any atom is -0.329 e. The van der Waals surface area contributed by atoms with Gasteiger partial charge in [-0.1, -0.05) is 11.6 Å². The fraction of sp³-hybridized carbons (Fsp3) is 0.538. The van der Waals surface area contributed by atoms with Crippen LogP contribution in [0, 0.1) is 5.82 Å². The van der Waals surface area contributed by atoms with Crippen LogP contribution in [0.15, 0.2) is 18.2 Å². The largest absolute Gasteiger partial charge is 0.329 e. The van der Waals surface area contributed by atoms with E-state index in [1.807, 2.05) is 7.05 Å². The minimum atomic E-state index is -0.318. The van der Waals surface area contributed by atoms with Crippen molar-refractivity contribution < 1.29 is 4.39 Å². The van der Waals surface area contributed by atoms with Gasteiger partial charge in [0.2, 0.25) is 0 Å². The van der Waals surface area contributed by atoms with E-state index in [-0.39, 0.29) is 11.9 Å². The van der Waals surface area contributed by atoms with Crippen molar-refractivity contribution in [1.82, 2.24) is 4.90 Å². The van der Waals surface area contributed by atoms with Crippen LogP contribution in [0.4, 0.5) is 4.39 Å². The van der Waals surface area contributed by atoms with E-state index in [2.05, 4.69) is 18.1 Å². The molecule has 0 amide bonds. The van der Waals surface area contributed by atoms with Crippen molar-refractivity contribution in [1.29, 1.82) is 0 Å². The maximum atomic E-state index is 13.4. The molecule has 0 aliphatic heterocycles.